The van der Waals surface area contributed by atoms with E-state index in [0.717, 1.165) is 4.90 Å². The summed E-state index contributed by atoms with van der Waals surface area (Å²) in [7, 11) is 0. The molecular weight excluding hydrogens is 364 g/mol. The summed E-state index contributed by atoms with van der Waals surface area (Å²) in [6.45, 7) is -0.212. The number of amides is 2. The highest BCUT2D eigenvalue weighted by molar-refractivity contribution is 5.97. The highest BCUT2D eigenvalue weighted by Gasteiger charge is 2.40. The highest BCUT2D eigenvalue weighted by Crippen LogP contribution is 2.21. The second-order valence-corrected chi connectivity index (χ2v) is 6.35. The van der Waals surface area contributed by atoms with E-state index in [0.29, 0.717) is 17.1 Å². The number of nitrogens with zero attached hydrogens (tertiary/aromatic N) is 1. The Labute approximate surface area is 161 Å². The summed E-state index contributed by atoms with van der Waals surface area (Å²) < 4.78 is 5.65. The molecule has 2 aromatic rings. The van der Waals surface area contributed by atoms with Gasteiger partial charge in [0.2, 0.25) is 5.91 Å². The summed E-state index contributed by atoms with van der Waals surface area (Å²) in [6, 6.07) is 14.3. The topological polar surface area (TPSA) is 116 Å². The van der Waals surface area contributed by atoms with Crippen LogP contribution in [0.2, 0.25) is 0 Å². The molecule has 1 saturated heterocycles. The van der Waals surface area contributed by atoms with Crippen molar-refractivity contribution >= 4 is 17.8 Å². The molecule has 28 heavy (non-hydrogen) atoms. The summed E-state index contributed by atoms with van der Waals surface area (Å²) in [4.78, 5) is 36.7. The van der Waals surface area contributed by atoms with E-state index in [9.17, 15) is 19.5 Å². The van der Waals surface area contributed by atoms with E-state index < -0.39 is 29.9 Å². The summed E-state index contributed by atoms with van der Waals surface area (Å²) in [5.74, 6) is -1.05. The molecule has 146 valence electrons. The second-order valence-electron chi connectivity index (χ2n) is 6.35. The molecule has 0 aromatic heterocycles. The molecule has 0 saturated carbocycles. The number of carbonyl (C=O) groups is 3. The van der Waals surface area contributed by atoms with E-state index in [1.54, 1.807) is 24.3 Å². The van der Waals surface area contributed by atoms with Gasteiger partial charge in [0.15, 0.2) is 6.04 Å². The van der Waals surface area contributed by atoms with Crippen LogP contribution in [0.25, 0.3) is 0 Å². The zero-order chi connectivity index (χ0) is 20.1. The van der Waals surface area contributed by atoms with E-state index >= 15 is 0 Å². The Morgan fingerprint density at radius 1 is 1.04 bits per heavy atom. The fourth-order valence-corrected chi connectivity index (χ4v) is 3.01. The second kappa shape index (κ2) is 8.53. The van der Waals surface area contributed by atoms with Gasteiger partial charge < -0.3 is 25.2 Å². The van der Waals surface area contributed by atoms with Crippen molar-refractivity contribution in [3.63, 3.8) is 0 Å². The van der Waals surface area contributed by atoms with Crippen LogP contribution in [-0.2, 0) is 9.59 Å². The quantitative estimate of drug-likeness (QED) is 0.690. The molecule has 0 unspecified atom stereocenters. The van der Waals surface area contributed by atoms with Crippen molar-refractivity contribution in [3.05, 3.63) is 60.2 Å². The van der Waals surface area contributed by atoms with Gasteiger partial charge in [0, 0.05) is 12.1 Å². The zero-order valence-corrected chi connectivity index (χ0v) is 14.9. The Morgan fingerprint density at radius 3 is 2.32 bits per heavy atom. The van der Waals surface area contributed by atoms with Crippen molar-refractivity contribution < 1.29 is 29.3 Å². The first-order chi connectivity index (χ1) is 13.5. The van der Waals surface area contributed by atoms with Gasteiger partial charge in [-0.15, -0.1) is 0 Å². The lowest BCUT2D eigenvalue weighted by molar-refractivity contribution is -0.150. The summed E-state index contributed by atoms with van der Waals surface area (Å²) >= 11 is 0. The molecule has 0 spiro atoms. The Kier molecular flexibility index (Phi) is 5.90. The number of ether oxygens (including phenoxy) is 1. The Hall–Kier alpha value is -3.39. The average molecular weight is 384 g/mol. The molecule has 2 amide bonds. The fourth-order valence-electron chi connectivity index (χ4n) is 3.01. The lowest BCUT2D eigenvalue weighted by Gasteiger charge is -2.22. The first-order valence-electron chi connectivity index (χ1n) is 8.77. The van der Waals surface area contributed by atoms with E-state index in [2.05, 4.69) is 5.32 Å². The van der Waals surface area contributed by atoms with Crippen LogP contribution >= 0.6 is 0 Å². The maximum Gasteiger partial charge on any atom is 0.329 e. The lowest BCUT2D eigenvalue weighted by atomic mass is 10.2. The number of para-hydroxylation sites is 1. The van der Waals surface area contributed by atoms with Gasteiger partial charge in [-0.1, -0.05) is 18.2 Å². The van der Waals surface area contributed by atoms with Crippen molar-refractivity contribution in [2.45, 2.75) is 18.6 Å². The van der Waals surface area contributed by atoms with Gasteiger partial charge in [-0.05, 0) is 42.8 Å². The zero-order valence-electron chi connectivity index (χ0n) is 14.9. The molecule has 3 rings (SSSR count). The van der Waals surface area contributed by atoms with Crippen LogP contribution in [0.15, 0.2) is 54.6 Å². The number of aliphatic hydroxyl groups excluding tert-OH is 1. The first kappa shape index (κ1) is 19.4. The minimum atomic E-state index is -1.28. The molecular formula is C20H20N2O6. The van der Waals surface area contributed by atoms with Gasteiger partial charge in [0.1, 0.15) is 11.5 Å². The molecule has 0 radical (unpaired) electrons. The predicted molar refractivity (Wildman–Crippen MR) is 99.1 cm³/mol. The number of benzene rings is 2. The minimum absolute atomic E-state index is 0.137. The van der Waals surface area contributed by atoms with E-state index in [1.807, 2.05) is 30.3 Å². The normalized spacial score (nSPS) is 18.5. The smallest absolute Gasteiger partial charge is 0.329 e. The third kappa shape index (κ3) is 4.47. The third-order valence-corrected chi connectivity index (χ3v) is 4.43. The molecule has 3 N–H and O–H groups in total. The number of likely N-dealkylation sites (tertiary alicyclic amines) is 1. The van der Waals surface area contributed by atoms with Crippen LogP contribution in [0.5, 0.6) is 11.5 Å². The molecule has 1 heterocycles. The van der Waals surface area contributed by atoms with Gasteiger partial charge in [0.25, 0.3) is 5.91 Å². The number of carboxylic acids is 1. The molecule has 1 fully saturated rings. The summed E-state index contributed by atoms with van der Waals surface area (Å²) in [5.41, 5.74) is 0.337. The van der Waals surface area contributed by atoms with E-state index in [4.69, 9.17) is 9.84 Å². The maximum absolute atomic E-state index is 12.2. The Morgan fingerprint density at radius 2 is 1.68 bits per heavy atom. The van der Waals surface area contributed by atoms with Crippen LogP contribution in [0.4, 0.5) is 0 Å². The first-order valence-corrected chi connectivity index (χ1v) is 8.77. The van der Waals surface area contributed by atoms with Gasteiger partial charge in [-0.2, -0.15) is 0 Å². The van der Waals surface area contributed by atoms with Crippen LogP contribution in [0.3, 0.4) is 0 Å². The van der Waals surface area contributed by atoms with Crippen molar-refractivity contribution in [2.24, 2.45) is 0 Å². The van der Waals surface area contributed by atoms with Crippen molar-refractivity contribution in [1.29, 1.82) is 0 Å². The molecule has 8 heteroatoms. The van der Waals surface area contributed by atoms with Crippen LogP contribution in [0.1, 0.15) is 16.8 Å². The molecule has 8 nitrogen and oxygen atoms in total. The molecule has 1 aliphatic rings. The van der Waals surface area contributed by atoms with Gasteiger partial charge in [-0.25, -0.2) is 4.79 Å². The third-order valence-electron chi connectivity index (χ3n) is 4.43. The van der Waals surface area contributed by atoms with Crippen LogP contribution in [-0.4, -0.2) is 58.1 Å². The summed E-state index contributed by atoms with van der Waals surface area (Å²) in [5, 5.41) is 21.3. The number of carbonyl (C=O) groups excluding carboxylic acids is 2. The number of rotatable bonds is 6. The molecule has 2 aromatic carbocycles. The number of hydrogen-bond donors (Lipinski definition) is 3. The SMILES string of the molecule is O=C(NCC(=O)N1CC[C@@H](O)[C@H]1C(=O)O)c1ccc(Oc2ccccc2)cc1. The fraction of sp³-hybridized carbons (Fsp3) is 0.250. The number of aliphatic carboxylic acids is 1. The standard InChI is InChI=1S/C20H20N2O6/c23-16-10-11-22(18(16)20(26)27)17(24)12-21-19(25)13-6-8-15(9-7-13)28-14-4-2-1-3-5-14/h1-9,16,18,23H,10-12H2,(H,21,25)(H,26,27)/t16-,18+/m1/s1. The predicted octanol–water partition coefficient (Wildman–Crippen LogP) is 1.26. The largest absolute Gasteiger partial charge is 0.480 e. The number of aliphatic hydroxyl groups is 1. The van der Waals surface area contributed by atoms with Crippen LogP contribution < -0.4 is 10.1 Å². The minimum Gasteiger partial charge on any atom is -0.480 e. The van der Waals surface area contributed by atoms with Gasteiger partial charge >= 0.3 is 5.97 Å². The van der Waals surface area contributed by atoms with Gasteiger partial charge in [-0.3, -0.25) is 9.59 Å². The Balaban J connectivity index is 1.55. The molecule has 0 aliphatic carbocycles. The van der Waals surface area contributed by atoms with E-state index in [-0.39, 0.29) is 19.5 Å². The van der Waals surface area contributed by atoms with Crippen molar-refractivity contribution in [2.75, 3.05) is 13.1 Å². The summed E-state index contributed by atoms with van der Waals surface area (Å²) in [6.07, 6.45) is -0.909. The number of nitrogens with one attached hydrogen (secondary N) is 1. The maximum atomic E-state index is 12.2. The van der Waals surface area contributed by atoms with Crippen LogP contribution in [0, 0.1) is 0 Å². The Bertz CT molecular complexity index is 853. The number of hydrogen-bond acceptors (Lipinski definition) is 5. The molecule has 2 atom stereocenters. The highest BCUT2D eigenvalue weighted by atomic mass is 16.5. The molecule has 0 bridgehead atoms. The molecule has 1 aliphatic heterocycles. The number of carboxylic acid groups (broad SMARTS) is 1. The monoisotopic (exact) mass is 384 g/mol. The lowest BCUT2D eigenvalue weighted by Crippen LogP contribution is -2.48. The van der Waals surface area contributed by atoms with Crippen molar-refractivity contribution in [1.82, 2.24) is 10.2 Å². The van der Waals surface area contributed by atoms with Crippen molar-refractivity contribution in [3.8, 4) is 11.5 Å². The average Bonchev–Trinajstić information content (AvgIpc) is 3.09. The van der Waals surface area contributed by atoms with Gasteiger partial charge in [0.05, 0.1) is 12.6 Å². The van der Waals surface area contributed by atoms with E-state index in [1.165, 1.54) is 0 Å².